The van der Waals surface area contributed by atoms with Gasteiger partial charge in [0.15, 0.2) is 0 Å². The minimum Gasteiger partial charge on any atom is -0.262 e. The molecule has 1 aromatic rings. The minimum absolute atomic E-state index is 0.0839. The first-order valence-corrected chi connectivity index (χ1v) is 4.95. The normalized spacial score (nSPS) is 24.7. The number of nitrogens with zero attached hydrogens (tertiary/aromatic N) is 3. The molecule has 1 saturated carbocycles. The van der Waals surface area contributed by atoms with Gasteiger partial charge in [0, 0.05) is 12.6 Å². The Morgan fingerprint density at radius 3 is 2.93 bits per heavy atom. The van der Waals surface area contributed by atoms with Crippen molar-refractivity contribution in [2.45, 2.75) is 37.6 Å². The van der Waals surface area contributed by atoms with Crippen molar-refractivity contribution in [1.82, 2.24) is 9.78 Å². The van der Waals surface area contributed by atoms with Crippen LogP contribution in [0.1, 0.15) is 37.3 Å². The third-order valence-electron chi connectivity index (χ3n) is 2.78. The quantitative estimate of drug-likeness (QED) is 0.716. The molecule has 0 aliphatic heterocycles. The standard InChI is InChI=1S/C10H11F2N3/c11-10(12)4-2-1-3-9(10)15-7-8(5-13)6-14-15/h6-7,9H,1-4H2. The summed E-state index contributed by atoms with van der Waals surface area (Å²) in [5, 5.41) is 12.4. The summed E-state index contributed by atoms with van der Waals surface area (Å²) in [6.07, 6.45) is 4.42. The summed E-state index contributed by atoms with van der Waals surface area (Å²) >= 11 is 0. The first-order chi connectivity index (χ1) is 7.13. The lowest BCUT2D eigenvalue weighted by Gasteiger charge is -2.31. The molecule has 5 heteroatoms. The van der Waals surface area contributed by atoms with Crippen LogP contribution in [0, 0.1) is 11.3 Å². The summed E-state index contributed by atoms with van der Waals surface area (Å²) in [7, 11) is 0. The summed E-state index contributed by atoms with van der Waals surface area (Å²) in [6.45, 7) is 0. The Morgan fingerprint density at radius 1 is 1.53 bits per heavy atom. The van der Waals surface area contributed by atoms with Crippen LogP contribution >= 0.6 is 0 Å². The molecule has 1 aliphatic rings. The van der Waals surface area contributed by atoms with E-state index in [2.05, 4.69) is 5.10 Å². The van der Waals surface area contributed by atoms with Crippen molar-refractivity contribution in [2.75, 3.05) is 0 Å². The van der Waals surface area contributed by atoms with E-state index in [4.69, 9.17) is 5.26 Å². The topological polar surface area (TPSA) is 41.6 Å². The highest BCUT2D eigenvalue weighted by molar-refractivity contribution is 5.22. The largest absolute Gasteiger partial charge is 0.270 e. The SMILES string of the molecule is N#Cc1cnn(C2CCCCC2(F)F)c1. The number of nitriles is 1. The number of alkyl halides is 2. The lowest BCUT2D eigenvalue weighted by molar-refractivity contribution is -0.0818. The molecule has 80 valence electrons. The van der Waals surface area contributed by atoms with Gasteiger partial charge in [-0.15, -0.1) is 0 Å². The van der Waals surface area contributed by atoms with Crippen LogP contribution in [0.3, 0.4) is 0 Å². The van der Waals surface area contributed by atoms with E-state index in [1.165, 1.54) is 17.1 Å². The van der Waals surface area contributed by atoms with E-state index in [9.17, 15) is 8.78 Å². The molecule has 1 heterocycles. The molecule has 1 fully saturated rings. The molecule has 0 amide bonds. The second kappa shape index (κ2) is 3.61. The average molecular weight is 211 g/mol. The average Bonchev–Trinajstić information content (AvgIpc) is 2.65. The second-order valence-electron chi connectivity index (χ2n) is 3.84. The van der Waals surface area contributed by atoms with Crippen molar-refractivity contribution >= 4 is 0 Å². The maximum atomic E-state index is 13.5. The molecular weight excluding hydrogens is 200 g/mol. The zero-order valence-electron chi connectivity index (χ0n) is 8.16. The summed E-state index contributed by atoms with van der Waals surface area (Å²) in [6, 6.07) is 1.00. The molecule has 0 radical (unpaired) electrons. The zero-order chi connectivity index (χ0) is 10.9. The summed E-state index contributed by atoms with van der Waals surface area (Å²) in [4.78, 5) is 0. The molecule has 1 atom stereocenters. The van der Waals surface area contributed by atoms with Crippen LogP contribution in [0.5, 0.6) is 0 Å². The number of hydrogen-bond donors (Lipinski definition) is 0. The first kappa shape index (κ1) is 10.1. The van der Waals surface area contributed by atoms with Gasteiger partial charge in [-0.1, -0.05) is 6.42 Å². The first-order valence-electron chi connectivity index (χ1n) is 4.95. The lowest BCUT2D eigenvalue weighted by atomic mass is 9.92. The molecule has 1 aliphatic carbocycles. The monoisotopic (exact) mass is 211 g/mol. The molecule has 0 saturated heterocycles. The molecule has 0 aromatic carbocycles. The van der Waals surface area contributed by atoms with E-state index in [1.54, 1.807) is 0 Å². The highest BCUT2D eigenvalue weighted by atomic mass is 19.3. The van der Waals surface area contributed by atoms with E-state index in [1.807, 2.05) is 6.07 Å². The molecule has 1 aromatic heterocycles. The maximum absolute atomic E-state index is 13.5. The summed E-state index contributed by atoms with van der Waals surface area (Å²) in [5.74, 6) is -2.70. The van der Waals surface area contributed by atoms with E-state index >= 15 is 0 Å². The third-order valence-corrected chi connectivity index (χ3v) is 2.78. The molecular formula is C10H11F2N3. The predicted octanol–water partition coefficient (Wildman–Crippen LogP) is 2.51. The van der Waals surface area contributed by atoms with Gasteiger partial charge in [-0.3, -0.25) is 4.68 Å². The fourth-order valence-corrected chi connectivity index (χ4v) is 1.97. The van der Waals surface area contributed by atoms with E-state index in [0.29, 0.717) is 18.4 Å². The van der Waals surface area contributed by atoms with Crippen molar-refractivity contribution < 1.29 is 8.78 Å². The van der Waals surface area contributed by atoms with Crippen molar-refractivity contribution in [1.29, 1.82) is 5.26 Å². The third kappa shape index (κ3) is 1.84. The highest BCUT2D eigenvalue weighted by Gasteiger charge is 2.43. The highest BCUT2D eigenvalue weighted by Crippen LogP contribution is 2.41. The van der Waals surface area contributed by atoms with Gasteiger partial charge in [-0.2, -0.15) is 10.4 Å². The van der Waals surface area contributed by atoms with Crippen molar-refractivity contribution in [3.05, 3.63) is 18.0 Å². The fraction of sp³-hybridized carbons (Fsp3) is 0.600. The molecule has 15 heavy (non-hydrogen) atoms. The zero-order valence-corrected chi connectivity index (χ0v) is 8.16. The number of hydrogen-bond acceptors (Lipinski definition) is 2. The predicted molar refractivity (Wildman–Crippen MR) is 49.4 cm³/mol. The van der Waals surface area contributed by atoms with Gasteiger partial charge in [-0.25, -0.2) is 8.78 Å². The van der Waals surface area contributed by atoms with Gasteiger partial charge in [0.2, 0.25) is 0 Å². The van der Waals surface area contributed by atoms with Gasteiger partial charge < -0.3 is 0 Å². The maximum Gasteiger partial charge on any atom is 0.270 e. The number of aromatic nitrogens is 2. The number of rotatable bonds is 1. The van der Waals surface area contributed by atoms with Crippen molar-refractivity contribution in [2.24, 2.45) is 0 Å². The molecule has 0 bridgehead atoms. The van der Waals surface area contributed by atoms with Gasteiger partial charge in [0.05, 0.1) is 11.8 Å². The molecule has 3 nitrogen and oxygen atoms in total. The van der Waals surface area contributed by atoms with Crippen LogP contribution in [-0.4, -0.2) is 15.7 Å². The summed E-state index contributed by atoms with van der Waals surface area (Å²) in [5.41, 5.74) is 0.330. The molecule has 2 rings (SSSR count). The van der Waals surface area contributed by atoms with Gasteiger partial charge >= 0.3 is 0 Å². The second-order valence-corrected chi connectivity index (χ2v) is 3.84. The van der Waals surface area contributed by atoms with Crippen LogP contribution in [0.25, 0.3) is 0 Å². The Morgan fingerprint density at radius 2 is 2.33 bits per heavy atom. The van der Waals surface area contributed by atoms with E-state index in [0.717, 1.165) is 6.42 Å². The van der Waals surface area contributed by atoms with Crippen molar-refractivity contribution in [3.63, 3.8) is 0 Å². The molecule has 0 N–H and O–H groups in total. The van der Waals surface area contributed by atoms with Crippen LogP contribution in [0.2, 0.25) is 0 Å². The van der Waals surface area contributed by atoms with E-state index in [-0.39, 0.29) is 6.42 Å². The van der Waals surface area contributed by atoms with Crippen LogP contribution < -0.4 is 0 Å². The number of halogens is 2. The van der Waals surface area contributed by atoms with Crippen LogP contribution in [0.15, 0.2) is 12.4 Å². The Balaban J connectivity index is 2.25. The van der Waals surface area contributed by atoms with Crippen LogP contribution in [-0.2, 0) is 0 Å². The fourth-order valence-electron chi connectivity index (χ4n) is 1.97. The molecule has 1 unspecified atom stereocenters. The minimum atomic E-state index is -2.70. The van der Waals surface area contributed by atoms with Crippen LogP contribution in [0.4, 0.5) is 8.78 Å². The van der Waals surface area contributed by atoms with E-state index < -0.39 is 12.0 Å². The Kier molecular flexibility index (Phi) is 2.43. The van der Waals surface area contributed by atoms with Gasteiger partial charge in [0.1, 0.15) is 12.1 Å². The summed E-state index contributed by atoms with van der Waals surface area (Å²) < 4.78 is 28.3. The Labute approximate surface area is 86.3 Å². The van der Waals surface area contributed by atoms with Crippen molar-refractivity contribution in [3.8, 4) is 6.07 Å². The Hall–Kier alpha value is -1.44. The smallest absolute Gasteiger partial charge is 0.262 e. The van der Waals surface area contributed by atoms with Gasteiger partial charge in [-0.05, 0) is 12.8 Å². The molecule has 0 spiro atoms. The Bertz CT molecular complexity index is 392. The van der Waals surface area contributed by atoms with Gasteiger partial charge in [0.25, 0.3) is 5.92 Å². The lowest BCUT2D eigenvalue weighted by Crippen LogP contribution is -2.34.